The van der Waals surface area contributed by atoms with Crippen molar-refractivity contribution in [2.24, 2.45) is 0 Å². The number of hydrogen-bond acceptors (Lipinski definition) is 6. The van der Waals surface area contributed by atoms with Gasteiger partial charge in [-0.05, 0) is 30.3 Å². The first-order valence-corrected chi connectivity index (χ1v) is 11.1. The Morgan fingerprint density at radius 2 is 1.96 bits per heavy atom. The Morgan fingerprint density at radius 1 is 1.14 bits per heavy atom. The molecule has 0 fully saturated rings. The fraction of sp³-hybridized carbons (Fsp3) is 0.100. The molecule has 4 rings (SSSR count). The van der Waals surface area contributed by atoms with Gasteiger partial charge in [0, 0.05) is 16.3 Å². The largest absolute Gasteiger partial charge is 0.454 e. The summed E-state index contributed by atoms with van der Waals surface area (Å²) in [6.07, 6.45) is 0. The monoisotopic (exact) mass is 412 g/mol. The van der Waals surface area contributed by atoms with Gasteiger partial charge in [-0.25, -0.2) is 13.4 Å². The lowest BCUT2D eigenvalue weighted by atomic mass is 10.2. The van der Waals surface area contributed by atoms with Crippen LogP contribution in [0.2, 0.25) is 0 Å². The normalized spacial score (nSPS) is 11.6. The highest BCUT2D eigenvalue weighted by atomic mass is 32.2. The van der Waals surface area contributed by atoms with E-state index in [1.807, 2.05) is 30.3 Å². The summed E-state index contributed by atoms with van der Waals surface area (Å²) in [5.74, 6) is 0.179. The number of sulfone groups is 1. The highest BCUT2D eigenvalue weighted by molar-refractivity contribution is 7.91. The second kappa shape index (κ2) is 7.21. The van der Waals surface area contributed by atoms with Gasteiger partial charge in [-0.15, -0.1) is 11.3 Å². The van der Waals surface area contributed by atoms with Gasteiger partial charge >= 0.3 is 0 Å². The molecule has 0 atom stereocenters. The first-order chi connectivity index (χ1) is 13.5. The van der Waals surface area contributed by atoms with Crippen molar-refractivity contribution in [3.63, 3.8) is 0 Å². The SMILES string of the molecule is CCS(=O)(=O)c1cccc(C(=O)Nc2nc(-c3cc4ccccc4o3)cs2)c1. The van der Waals surface area contributed by atoms with Crippen molar-refractivity contribution in [3.8, 4) is 11.5 Å². The van der Waals surface area contributed by atoms with Crippen molar-refractivity contribution in [2.75, 3.05) is 11.1 Å². The molecule has 8 heteroatoms. The molecule has 4 aromatic rings. The molecule has 28 heavy (non-hydrogen) atoms. The van der Waals surface area contributed by atoms with Gasteiger partial charge in [0.15, 0.2) is 20.7 Å². The second-order valence-electron chi connectivity index (χ2n) is 6.07. The maximum absolute atomic E-state index is 12.5. The topological polar surface area (TPSA) is 89.3 Å². The van der Waals surface area contributed by atoms with Crippen molar-refractivity contribution in [2.45, 2.75) is 11.8 Å². The summed E-state index contributed by atoms with van der Waals surface area (Å²) in [6, 6.07) is 15.5. The minimum Gasteiger partial charge on any atom is -0.454 e. The molecular formula is C20H16N2O4S2. The molecule has 2 aromatic carbocycles. The Hall–Kier alpha value is -2.97. The Balaban J connectivity index is 1.55. The molecule has 6 nitrogen and oxygen atoms in total. The number of para-hydroxylation sites is 1. The Morgan fingerprint density at radius 3 is 2.75 bits per heavy atom. The molecule has 0 aliphatic rings. The molecule has 0 spiro atoms. The summed E-state index contributed by atoms with van der Waals surface area (Å²) in [5.41, 5.74) is 1.65. The van der Waals surface area contributed by atoms with Gasteiger partial charge in [0.05, 0.1) is 10.6 Å². The minimum absolute atomic E-state index is 0.0224. The lowest BCUT2D eigenvalue weighted by Crippen LogP contribution is -2.13. The number of thiazole rings is 1. The van der Waals surface area contributed by atoms with Crippen molar-refractivity contribution in [1.29, 1.82) is 0 Å². The number of rotatable bonds is 5. The van der Waals surface area contributed by atoms with Crippen LogP contribution in [0.3, 0.4) is 0 Å². The third-order valence-corrected chi connectivity index (χ3v) is 6.73. The van der Waals surface area contributed by atoms with E-state index >= 15 is 0 Å². The number of benzene rings is 2. The average molecular weight is 412 g/mol. The summed E-state index contributed by atoms with van der Waals surface area (Å²) in [4.78, 5) is 17.0. The van der Waals surface area contributed by atoms with Crippen molar-refractivity contribution < 1.29 is 17.6 Å². The fourth-order valence-electron chi connectivity index (χ4n) is 2.72. The number of anilines is 1. The van der Waals surface area contributed by atoms with Crippen molar-refractivity contribution >= 4 is 43.2 Å². The number of amides is 1. The first-order valence-electron chi connectivity index (χ1n) is 8.55. The van der Waals surface area contributed by atoms with Gasteiger partial charge in [0.2, 0.25) is 0 Å². The van der Waals surface area contributed by atoms with Crippen LogP contribution in [-0.2, 0) is 9.84 Å². The van der Waals surface area contributed by atoms with Crippen LogP contribution in [-0.4, -0.2) is 25.1 Å². The maximum Gasteiger partial charge on any atom is 0.257 e. The smallest absolute Gasteiger partial charge is 0.257 e. The number of nitrogens with zero attached hydrogens (tertiary/aromatic N) is 1. The summed E-state index contributed by atoms with van der Waals surface area (Å²) in [5, 5.41) is 5.89. The van der Waals surface area contributed by atoms with Crippen LogP contribution >= 0.6 is 11.3 Å². The summed E-state index contributed by atoms with van der Waals surface area (Å²) in [6.45, 7) is 1.57. The van der Waals surface area contributed by atoms with Gasteiger partial charge in [-0.1, -0.05) is 31.2 Å². The van der Waals surface area contributed by atoms with Gasteiger partial charge in [-0.2, -0.15) is 0 Å². The lowest BCUT2D eigenvalue weighted by Gasteiger charge is -2.05. The number of carbonyl (C=O) groups excluding carboxylic acids is 1. The van der Waals surface area contributed by atoms with E-state index < -0.39 is 15.7 Å². The predicted octanol–water partition coefficient (Wildman–Crippen LogP) is 4.60. The summed E-state index contributed by atoms with van der Waals surface area (Å²) in [7, 11) is -3.38. The van der Waals surface area contributed by atoms with Crippen LogP contribution in [0.25, 0.3) is 22.4 Å². The molecule has 0 unspecified atom stereocenters. The van der Waals surface area contributed by atoms with Crippen LogP contribution in [0.1, 0.15) is 17.3 Å². The number of hydrogen-bond donors (Lipinski definition) is 1. The molecule has 0 radical (unpaired) electrons. The lowest BCUT2D eigenvalue weighted by molar-refractivity contribution is 0.102. The number of carbonyl (C=O) groups is 1. The van der Waals surface area contributed by atoms with Crippen LogP contribution in [0.5, 0.6) is 0 Å². The van der Waals surface area contributed by atoms with E-state index in [1.54, 1.807) is 24.4 Å². The molecule has 0 saturated heterocycles. The molecule has 1 N–H and O–H groups in total. The molecule has 0 aliphatic carbocycles. The van der Waals surface area contributed by atoms with E-state index in [9.17, 15) is 13.2 Å². The van der Waals surface area contributed by atoms with E-state index in [1.165, 1.54) is 23.5 Å². The molecule has 2 heterocycles. The van der Waals surface area contributed by atoms with Gasteiger partial charge in [-0.3, -0.25) is 10.1 Å². The summed E-state index contributed by atoms with van der Waals surface area (Å²) >= 11 is 1.27. The van der Waals surface area contributed by atoms with E-state index in [-0.39, 0.29) is 16.2 Å². The highest BCUT2D eigenvalue weighted by Gasteiger charge is 2.16. The number of fused-ring (bicyclic) bond motifs is 1. The standard InChI is InChI=1S/C20H16N2O4S2/c1-2-28(24,25)15-8-5-7-14(10-15)19(23)22-20-21-16(12-27-20)18-11-13-6-3-4-9-17(13)26-18/h3-12H,2H2,1H3,(H,21,22,23). The molecule has 2 aromatic heterocycles. The van der Waals surface area contributed by atoms with Crippen LogP contribution in [0.15, 0.2) is 69.3 Å². The number of nitrogens with one attached hydrogen (secondary N) is 1. The predicted molar refractivity (Wildman–Crippen MR) is 109 cm³/mol. The quantitative estimate of drug-likeness (QED) is 0.517. The molecular weight excluding hydrogens is 396 g/mol. The Kier molecular flexibility index (Phi) is 4.74. The zero-order chi connectivity index (χ0) is 19.7. The zero-order valence-electron chi connectivity index (χ0n) is 14.9. The van der Waals surface area contributed by atoms with Gasteiger partial charge < -0.3 is 4.42 Å². The minimum atomic E-state index is -3.38. The van der Waals surface area contributed by atoms with Crippen LogP contribution in [0.4, 0.5) is 5.13 Å². The van der Waals surface area contributed by atoms with Crippen LogP contribution in [0, 0.1) is 0 Å². The van der Waals surface area contributed by atoms with Crippen LogP contribution < -0.4 is 5.32 Å². The third kappa shape index (κ3) is 3.56. The molecule has 0 bridgehead atoms. The summed E-state index contributed by atoms with van der Waals surface area (Å²) < 4.78 is 29.8. The van der Waals surface area contributed by atoms with Gasteiger partial charge in [0.1, 0.15) is 11.3 Å². The molecule has 142 valence electrons. The van der Waals surface area contributed by atoms with E-state index in [4.69, 9.17) is 4.42 Å². The van der Waals surface area contributed by atoms with E-state index in [0.29, 0.717) is 16.6 Å². The second-order valence-corrected chi connectivity index (χ2v) is 9.21. The Bertz CT molecular complexity index is 1240. The third-order valence-electron chi connectivity index (χ3n) is 4.24. The number of aromatic nitrogens is 1. The van der Waals surface area contributed by atoms with Crippen molar-refractivity contribution in [3.05, 3.63) is 65.5 Å². The highest BCUT2D eigenvalue weighted by Crippen LogP contribution is 2.30. The molecule has 1 amide bonds. The molecule has 0 saturated carbocycles. The zero-order valence-corrected chi connectivity index (χ0v) is 16.5. The first kappa shape index (κ1) is 18.4. The van der Waals surface area contributed by atoms with E-state index in [0.717, 1.165) is 11.0 Å². The maximum atomic E-state index is 12.5. The van der Waals surface area contributed by atoms with E-state index in [2.05, 4.69) is 10.3 Å². The average Bonchev–Trinajstić information content (AvgIpc) is 3.34. The number of furan rings is 1. The fourth-order valence-corrected chi connectivity index (χ4v) is 4.34. The molecule has 0 aliphatic heterocycles. The Labute approximate surface area is 165 Å². The van der Waals surface area contributed by atoms with Gasteiger partial charge in [0.25, 0.3) is 5.91 Å². The van der Waals surface area contributed by atoms with Crippen molar-refractivity contribution in [1.82, 2.24) is 4.98 Å².